The molecular weight excluding hydrogens is 687 g/mol. The van der Waals surface area contributed by atoms with E-state index in [-0.39, 0.29) is 40.7 Å². The van der Waals surface area contributed by atoms with Gasteiger partial charge in [-0.15, -0.1) is 0 Å². The number of benzene rings is 3. The number of nitrogens with one attached hydrogen (secondary N) is 2. The van der Waals surface area contributed by atoms with Crippen LogP contribution in [-0.4, -0.2) is 105 Å². The molecule has 0 radical (unpaired) electrons. The molecule has 2 atom stereocenters. The Morgan fingerprint density at radius 1 is 0.529 bits per heavy atom. The smallest absolute Gasteiger partial charge is 0.325 e. The van der Waals surface area contributed by atoms with Crippen LogP contribution in [-0.2, 0) is 14.4 Å². The topological polar surface area (TPSA) is 179 Å². The highest BCUT2D eigenvalue weighted by molar-refractivity contribution is 7.97. The van der Waals surface area contributed by atoms with Crippen LogP contribution in [0.15, 0.2) is 36.4 Å². The number of amides is 2. The number of carbonyl (C=O) groups is 3. The molecule has 0 fully saturated rings. The summed E-state index contributed by atoms with van der Waals surface area (Å²) in [6.07, 6.45) is -0.379. The standard InChI is InChI=1S/C35H45N2O13P/c1-19(34(39)37-20(2)35(40)41)36-30(38)18-51(31-24(45-6)12-21(42-3)13-25(31)46-7,32-26(47-8)14-22(43-4)15-27(32)48-9)33-28(49-10)16-23(44-5)17-29(33)50-11/h12-17,19-20H,18H2,1-11H3,(H2-,36,37,38,39,40,41)/p+1/t19-,20-/m0/s1. The summed E-state index contributed by atoms with van der Waals surface area (Å²) >= 11 is 0. The molecule has 0 spiro atoms. The Morgan fingerprint density at radius 3 is 1.06 bits per heavy atom. The second kappa shape index (κ2) is 17.6. The van der Waals surface area contributed by atoms with Crippen molar-refractivity contribution in [3.05, 3.63) is 36.4 Å². The highest BCUT2D eigenvalue weighted by atomic mass is 31.2. The summed E-state index contributed by atoms with van der Waals surface area (Å²) < 4.78 is 52.9. The van der Waals surface area contributed by atoms with Crippen LogP contribution < -0.4 is 69.2 Å². The van der Waals surface area contributed by atoms with Crippen molar-refractivity contribution in [3.8, 4) is 51.7 Å². The molecule has 0 aliphatic carbocycles. The van der Waals surface area contributed by atoms with E-state index in [1.165, 1.54) is 77.8 Å². The summed E-state index contributed by atoms with van der Waals surface area (Å²) in [5, 5.41) is 15.7. The molecule has 2 amide bonds. The van der Waals surface area contributed by atoms with E-state index in [9.17, 15) is 19.5 Å². The summed E-state index contributed by atoms with van der Waals surface area (Å²) in [6, 6.07) is 7.56. The van der Waals surface area contributed by atoms with Crippen molar-refractivity contribution in [2.24, 2.45) is 0 Å². The average molecular weight is 734 g/mol. The molecule has 0 aliphatic rings. The van der Waals surface area contributed by atoms with Crippen LogP contribution in [0, 0.1) is 0 Å². The monoisotopic (exact) mass is 733 g/mol. The third-order valence-corrected chi connectivity index (χ3v) is 12.5. The highest BCUT2D eigenvalue weighted by Crippen LogP contribution is 2.66. The van der Waals surface area contributed by atoms with E-state index in [1.54, 1.807) is 36.4 Å². The van der Waals surface area contributed by atoms with Gasteiger partial charge in [-0.25, -0.2) is 0 Å². The van der Waals surface area contributed by atoms with Crippen molar-refractivity contribution in [1.82, 2.24) is 10.6 Å². The van der Waals surface area contributed by atoms with E-state index in [0.29, 0.717) is 33.2 Å². The number of hydrogen-bond acceptors (Lipinski definition) is 12. The van der Waals surface area contributed by atoms with Gasteiger partial charge in [0.25, 0.3) is 5.91 Å². The van der Waals surface area contributed by atoms with E-state index in [0.717, 1.165) is 0 Å². The van der Waals surface area contributed by atoms with Gasteiger partial charge in [0.05, 0.1) is 64.0 Å². The van der Waals surface area contributed by atoms with Crippen LogP contribution in [0.1, 0.15) is 13.8 Å². The lowest BCUT2D eigenvalue weighted by molar-refractivity contribution is -0.141. The summed E-state index contributed by atoms with van der Waals surface area (Å²) in [5.41, 5.74) is 0. The fourth-order valence-corrected chi connectivity index (χ4v) is 10.5. The van der Waals surface area contributed by atoms with Crippen LogP contribution in [0.25, 0.3) is 0 Å². The molecule has 16 heteroatoms. The van der Waals surface area contributed by atoms with Gasteiger partial charge in [-0.1, -0.05) is 0 Å². The van der Waals surface area contributed by atoms with Crippen LogP contribution in [0.2, 0.25) is 0 Å². The molecule has 3 rings (SSSR count). The predicted octanol–water partition coefficient (Wildman–Crippen LogP) is 2.15. The normalized spacial score (nSPS) is 12.1. The first-order valence-corrected chi connectivity index (χ1v) is 17.4. The molecule has 0 heterocycles. The van der Waals surface area contributed by atoms with Gasteiger partial charge in [-0.2, -0.15) is 0 Å². The first-order valence-electron chi connectivity index (χ1n) is 15.5. The molecule has 0 unspecified atom stereocenters. The fraction of sp³-hybridized carbons (Fsp3) is 0.400. The van der Waals surface area contributed by atoms with Crippen LogP contribution in [0.4, 0.5) is 0 Å². The first-order chi connectivity index (χ1) is 24.3. The third kappa shape index (κ3) is 8.20. The Kier molecular flexibility index (Phi) is 13.8. The minimum atomic E-state index is -3.71. The maximum atomic E-state index is 14.6. The van der Waals surface area contributed by atoms with E-state index in [4.69, 9.17) is 42.6 Å². The molecule has 3 aromatic carbocycles. The van der Waals surface area contributed by atoms with Crippen molar-refractivity contribution in [3.63, 3.8) is 0 Å². The third-order valence-electron chi connectivity index (χ3n) is 8.09. The summed E-state index contributed by atoms with van der Waals surface area (Å²) in [7, 11) is 9.56. The molecule has 0 saturated carbocycles. The maximum absolute atomic E-state index is 14.6. The molecule has 51 heavy (non-hydrogen) atoms. The fourth-order valence-electron chi connectivity index (χ4n) is 5.63. The van der Waals surface area contributed by atoms with Gasteiger partial charge < -0.3 is 58.4 Å². The SMILES string of the molecule is COc1cc(OC)c([P+](CC(=O)N[C@@H](C)C(=O)N[C@@H](C)C(=O)O)(c2c(OC)cc(OC)cc2OC)c2c(OC)cc(OC)cc2OC)c(OC)c1. The Labute approximate surface area is 297 Å². The molecule has 15 nitrogen and oxygen atoms in total. The molecule has 0 bridgehead atoms. The van der Waals surface area contributed by atoms with Crippen molar-refractivity contribution in [2.45, 2.75) is 25.9 Å². The lowest BCUT2D eigenvalue weighted by atomic mass is 10.2. The first kappa shape index (κ1) is 40.1. The number of carboxylic acids is 1. The number of aliphatic carboxylic acids is 1. The van der Waals surface area contributed by atoms with Crippen LogP contribution >= 0.6 is 7.26 Å². The van der Waals surface area contributed by atoms with Crippen LogP contribution in [0.5, 0.6) is 51.7 Å². The zero-order chi connectivity index (χ0) is 38.0. The number of ether oxygens (including phenoxy) is 9. The van der Waals surface area contributed by atoms with Crippen molar-refractivity contribution in [1.29, 1.82) is 0 Å². The van der Waals surface area contributed by atoms with Gasteiger partial charge in [0.1, 0.15) is 36.6 Å². The largest absolute Gasteiger partial charge is 0.496 e. The minimum absolute atomic E-state index is 0.272. The Bertz CT molecular complexity index is 1500. The van der Waals surface area contributed by atoms with Crippen molar-refractivity contribution < 1.29 is 62.1 Å². The molecule has 3 aromatic rings. The number of rotatable bonds is 18. The van der Waals surface area contributed by atoms with Crippen LogP contribution in [0.3, 0.4) is 0 Å². The predicted molar refractivity (Wildman–Crippen MR) is 192 cm³/mol. The van der Waals surface area contributed by atoms with Gasteiger partial charge in [0.15, 0.2) is 56.6 Å². The lowest BCUT2D eigenvalue weighted by Gasteiger charge is -2.33. The Morgan fingerprint density at radius 2 is 0.824 bits per heavy atom. The number of carbonyl (C=O) groups excluding carboxylic acids is 2. The second-order valence-electron chi connectivity index (χ2n) is 11.0. The molecule has 3 N–H and O–H groups in total. The molecule has 0 aliphatic heterocycles. The van der Waals surface area contributed by atoms with Crippen molar-refractivity contribution >= 4 is 41.0 Å². The zero-order valence-corrected chi connectivity index (χ0v) is 31.5. The molecule has 278 valence electrons. The number of hydrogen-bond donors (Lipinski definition) is 3. The summed E-state index contributed by atoms with van der Waals surface area (Å²) in [5.74, 6) is 0.266. The maximum Gasteiger partial charge on any atom is 0.325 e. The molecule has 0 aromatic heterocycles. The summed E-state index contributed by atoms with van der Waals surface area (Å²) in [4.78, 5) is 39.1. The van der Waals surface area contributed by atoms with E-state index >= 15 is 0 Å². The number of carboxylic acid groups (broad SMARTS) is 1. The average Bonchev–Trinajstić information content (AvgIpc) is 3.14. The van der Waals surface area contributed by atoms with Gasteiger partial charge >= 0.3 is 5.97 Å². The quantitative estimate of drug-likeness (QED) is 0.162. The van der Waals surface area contributed by atoms with Crippen molar-refractivity contribution in [2.75, 3.05) is 70.2 Å². The zero-order valence-electron chi connectivity index (χ0n) is 30.6. The number of methoxy groups -OCH3 is 9. The van der Waals surface area contributed by atoms with E-state index in [1.807, 2.05) is 0 Å². The second-order valence-corrected chi connectivity index (χ2v) is 14.2. The molecular formula is C35H46N2O13P+. The van der Waals surface area contributed by atoms with Gasteiger partial charge in [-0.05, 0) is 13.8 Å². The summed E-state index contributed by atoms with van der Waals surface area (Å²) in [6.45, 7) is 2.76. The lowest BCUT2D eigenvalue weighted by Crippen LogP contribution is -2.51. The Balaban J connectivity index is 2.66. The highest BCUT2D eigenvalue weighted by Gasteiger charge is 2.59. The van der Waals surface area contributed by atoms with E-state index < -0.39 is 37.1 Å². The molecule has 0 saturated heterocycles. The van der Waals surface area contributed by atoms with Gasteiger partial charge in [0.2, 0.25) is 5.91 Å². The van der Waals surface area contributed by atoms with Gasteiger partial charge in [0, 0.05) is 36.4 Å². The van der Waals surface area contributed by atoms with Gasteiger partial charge in [-0.3, -0.25) is 14.4 Å². The minimum Gasteiger partial charge on any atom is -0.496 e. The van der Waals surface area contributed by atoms with E-state index in [2.05, 4.69) is 10.6 Å². The Hall–Kier alpha value is -5.30.